The molecule has 5 nitrogen and oxygen atoms in total. The van der Waals surface area contributed by atoms with Crippen molar-refractivity contribution in [2.24, 2.45) is 5.92 Å². The zero-order valence-electron chi connectivity index (χ0n) is 18.5. The molecule has 5 heteroatoms. The molecule has 2 amide bonds. The fourth-order valence-corrected chi connectivity index (χ4v) is 4.04. The molecular weight excluding hydrogens is 374 g/mol. The Morgan fingerprint density at radius 3 is 2.33 bits per heavy atom. The van der Waals surface area contributed by atoms with Gasteiger partial charge in [-0.15, -0.1) is 0 Å². The molecule has 30 heavy (non-hydrogen) atoms. The number of carbonyl (C=O) groups excluding carboxylic acids is 2. The molecule has 1 atom stereocenters. The Morgan fingerprint density at radius 2 is 1.67 bits per heavy atom. The highest BCUT2D eigenvalue weighted by atomic mass is 16.2. The fourth-order valence-electron chi connectivity index (χ4n) is 4.04. The Balaban J connectivity index is 1.73. The molecule has 160 valence electrons. The van der Waals surface area contributed by atoms with Crippen molar-refractivity contribution in [1.82, 2.24) is 10.2 Å². The molecule has 0 saturated carbocycles. The minimum atomic E-state index is -0.568. The smallest absolute Gasteiger partial charge is 0.252 e. The van der Waals surface area contributed by atoms with Crippen LogP contribution < -0.4 is 10.2 Å². The van der Waals surface area contributed by atoms with Crippen LogP contribution in [0, 0.1) is 12.8 Å². The Hall–Kier alpha value is -2.82. The number of nitrogens with one attached hydrogen (secondary N) is 1. The van der Waals surface area contributed by atoms with E-state index in [4.69, 9.17) is 0 Å². The maximum absolute atomic E-state index is 13.3. The van der Waals surface area contributed by atoms with Crippen LogP contribution in [0.1, 0.15) is 48.2 Å². The third kappa shape index (κ3) is 5.02. The van der Waals surface area contributed by atoms with Crippen molar-refractivity contribution >= 4 is 17.5 Å². The number of likely N-dealkylation sites (N-methyl/N-ethyl adjacent to an activating group) is 1. The Kier molecular flexibility index (Phi) is 7.14. The number of amides is 2. The third-order valence-electron chi connectivity index (χ3n) is 5.83. The molecule has 0 radical (unpaired) electrons. The van der Waals surface area contributed by atoms with Gasteiger partial charge in [-0.25, -0.2) is 0 Å². The molecule has 0 aliphatic carbocycles. The average molecular weight is 408 g/mol. The van der Waals surface area contributed by atoms with E-state index in [2.05, 4.69) is 28.4 Å². The zero-order valence-corrected chi connectivity index (χ0v) is 18.5. The SMILES string of the molecule is Cc1ccccc1C(=O)NC(C(=O)N(C)Cc1ccccc1N1CCCC1)C(C)C. The first kappa shape index (κ1) is 21.9. The van der Waals surface area contributed by atoms with Crippen LogP contribution in [-0.4, -0.2) is 42.9 Å². The van der Waals surface area contributed by atoms with Gasteiger partial charge < -0.3 is 15.1 Å². The van der Waals surface area contributed by atoms with Gasteiger partial charge in [0, 0.05) is 37.9 Å². The lowest BCUT2D eigenvalue weighted by atomic mass is 10.0. The van der Waals surface area contributed by atoms with Crippen molar-refractivity contribution in [3.05, 3.63) is 65.2 Å². The molecule has 1 fully saturated rings. The molecule has 0 aromatic heterocycles. The second-order valence-electron chi connectivity index (χ2n) is 8.53. The first-order valence-electron chi connectivity index (χ1n) is 10.8. The number of aryl methyl sites for hydroxylation is 1. The number of rotatable bonds is 7. The van der Waals surface area contributed by atoms with Gasteiger partial charge >= 0.3 is 0 Å². The van der Waals surface area contributed by atoms with Gasteiger partial charge in [-0.2, -0.15) is 0 Å². The minimum absolute atomic E-state index is 0.0123. The molecule has 2 aromatic carbocycles. The lowest BCUT2D eigenvalue weighted by Gasteiger charge is -2.29. The lowest BCUT2D eigenvalue weighted by molar-refractivity contribution is -0.133. The Morgan fingerprint density at radius 1 is 1.03 bits per heavy atom. The van der Waals surface area contributed by atoms with Gasteiger partial charge in [0.05, 0.1) is 0 Å². The molecule has 2 aromatic rings. The second-order valence-corrected chi connectivity index (χ2v) is 8.53. The van der Waals surface area contributed by atoms with Crippen molar-refractivity contribution in [1.29, 1.82) is 0 Å². The van der Waals surface area contributed by atoms with Crippen LogP contribution in [0.15, 0.2) is 48.5 Å². The fraction of sp³-hybridized carbons (Fsp3) is 0.440. The number of hydrogen-bond donors (Lipinski definition) is 1. The summed E-state index contributed by atoms with van der Waals surface area (Å²) in [7, 11) is 1.82. The largest absolute Gasteiger partial charge is 0.371 e. The maximum atomic E-state index is 13.3. The van der Waals surface area contributed by atoms with E-state index >= 15 is 0 Å². The lowest BCUT2D eigenvalue weighted by Crippen LogP contribution is -2.50. The second kappa shape index (κ2) is 9.79. The van der Waals surface area contributed by atoms with E-state index in [1.807, 2.05) is 52.1 Å². The van der Waals surface area contributed by atoms with E-state index in [0.717, 1.165) is 24.2 Å². The summed E-state index contributed by atoms with van der Waals surface area (Å²) in [5.74, 6) is -0.282. The molecule has 1 saturated heterocycles. The first-order valence-corrected chi connectivity index (χ1v) is 10.8. The van der Waals surface area contributed by atoms with Gasteiger partial charge in [-0.1, -0.05) is 50.2 Å². The molecule has 1 aliphatic rings. The van der Waals surface area contributed by atoms with E-state index in [0.29, 0.717) is 12.1 Å². The van der Waals surface area contributed by atoms with E-state index < -0.39 is 6.04 Å². The van der Waals surface area contributed by atoms with E-state index in [-0.39, 0.29) is 17.7 Å². The molecular formula is C25H33N3O2. The third-order valence-corrected chi connectivity index (χ3v) is 5.83. The molecule has 3 rings (SSSR count). The van der Waals surface area contributed by atoms with Crippen molar-refractivity contribution < 1.29 is 9.59 Å². The highest BCUT2D eigenvalue weighted by molar-refractivity contribution is 5.98. The van der Waals surface area contributed by atoms with Crippen LogP contribution in [0.5, 0.6) is 0 Å². The minimum Gasteiger partial charge on any atom is -0.371 e. The quantitative estimate of drug-likeness (QED) is 0.755. The summed E-state index contributed by atoms with van der Waals surface area (Å²) in [6, 6.07) is 15.2. The number of carbonyl (C=O) groups is 2. The van der Waals surface area contributed by atoms with Gasteiger partial charge in [0.2, 0.25) is 5.91 Å². The number of anilines is 1. The van der Waals surface area contributed by atoms with E-state index in [9.17, 15) is 9.59 Å². The van der Waals surface area contributed by atoms with Gasteiger partial charge in [0.1, 0.15) is 6.04 Å². The number of hydrogen-bond acceptors (Lipinski definition) is 3. The van der Waals surface area contributed by atoms with Crippen LogP contribution in [-0.2, 0) is 11.3 Å². The van der Waals surface area contributed by atoms with Crippen molar-refractivity contribution in [3.8, 4) is 0 Å². The summed E-state index contributed by atoms with van der Waals surface area (Å²) >= 11 is 0. The van der Waals surface area contributed by atoms with E-state index in [1.54, 1.807) is 11.0 Å². The van der Waals surface area contributed by atoms with E-state index in [1.165, 1.54) is 18.5 Å². The summed E-state index contributed by atoms with van der Waals surface area (Å²) in [5, 5.41) is 2.97. The molecule has 0 bridgehead atoms. The van der Waals surface area contributed by atoms with Crippen molar-refractivity contribution in [3.63, 3.8) is 0 Å². The molecule has 1 heterocycles. The summed E-state index contributed by atoms with van der Waals surface area (Å²) in [4.78, 5) is 30.2. The van der Waals surface area contributed by atoms with Crippen molar-refractivity contribution in [2.45, 2.75) is 46.2 Å². The Labute approximate surface area is 180 Å². The number of nitrogens with zero attached hydrogens (tertiary/aromatic N) is 2. The standard InChI is InChI=1S/C25H33N3O2/c1-18(2)23(26-24(29)21-13-7-5-11-19(21)3)25(30)27(4)17-20-12-6-8-14-22(20)28-15-9-10-16-28/h5-8,11-14,18,23H,9-10,15-17H2,1-4H3,(H,26,29). The van der Waals surface area contributed by atoms with Gasteiger partial charge in [0.25, 0.3) is 5.91 Å². The highest BCUT2D eigenvalue weighted by Gasteiger charge is 2.28. The molecule has 1 N–H and O–H groups in total. The topological polar surface area (TPSA) is 52.7 Å². The summed E-state index contributed by atoms with van der Waals surface area (Å²) < 4.78 is 0. The van der Waals surface area contributed by atoms with Crippen LogP contribution >= 0.6 is 0 Å². The highest BCUT2D eigenvalue weighted by Crippen LogP contribution is 2.25. The summed E-state index contributed by atoms with van der Waals surface area (Å²) in [5.41, 5.74) is 3.86. The Bertz CT molecular complexity index is 887. The monoisotopic (exact) mass is 407 g/mol. The number of benzene rings is 2. The number of para-hydroxylation sites is 1. The van der Waals surface area contributed by atoms with Crippen molar-refractivity contribution in [2.75, 3.05) is 25.0 Å². The van der Waals surface area contributed by atoms with Crippen LogP contribution in [0.2, 0.25) is 0 Å². The van der Waals surface area contributed by atoms with Crippen LogP contribution in [0.25, 0.3) is 0 Å². The summed E-state index contributed by atoms with van der Waals surface area (Å²) in [6.07, 6.45) is 2.42. The first-order chi connectivity index (χ1) is 14.4. The van der Waals surface area contributed by atoms with Gasteiger partial charge in [-0.05, 0) is 48.9 Å². The molecule has 1 unspecified atom stereocenters. The predicted octanol–water partition coefficient (Wildman–Crippen LogP) is 4.01. The normalized spacial score (nSPS) is 14.6. The van der Waals surface area contributed by atoms with Gasteiger partial charge in [0.15, 0.2) is 0 Å². The predicted molar refractivity (Wildman–Crippen MR) is 122 cm³/mol. The average Bonchev–Trinajstić information content (AvgIpc) is 3.26. The maximum Gasteiger partial charge on any atom is 0.252 e. The van der Waals surface area contributed by atoms with Crippen LogP contribution in [0.4, 0.5) is 5.69 Å². The summed E-state index contributed by atoms with van der Waals surface area (Å²) in [6.45, 7) is 8.49. The zero-order chi connectivity index (χ0) is 21.7. The molecule has 0 spiro atoms. The molecule has 1 aliphatic heterocycles. The van der Waals surface area contributed by atoms with Crippen LogP contribution in [0.3, 0.4) is 0 Å². The van der Waals surface area contributed by atoms with Gasteiger partial charge in [-0.3, -0.25) is 9.59 Å².